The molecule has 0 aliphatic carbocycles. The van der Waals surface area contributed by atoms with Gasteiger partial charge in [0.2, 0.25) is 11.8 Å². The van der Waals surface area contributed by atoms with Crippen LogP contribution in [0.2, 0.25) is 0 Å². The summed E-state index contributed by atoms with van der Waals surface area (Å²) >= 11 is 0. The van der Waals surface area contributed by atoms with E-state index in [0.717, 1.165) is 0 Å². The van der Waals surface area contributed by atoms with Gasteiger partial charge in [0.1, 0.15) is 11.5 Å². The van der Waals surface area contributed by atoms with E-state index in [0.29, 0.717) is 6.42 Å². The van der Waals surface area contributed by atoms with E-state index in [1.165, 1.54) is 13.8 Å². The maximum atomic E-state index is 12.6. The molecule has 0 fully saturated rings. The number of hydrogen-bond acceptors (Lipinski definition) is 5. The van der Waals surface area contributed by atoms with Crippen LogP contribution in [0.4, 0.5) is 0 Å². The van der Waals surface area contributed by atoms with Gasteiger partial charge in [-0.25, -0.2) is 0 Å². The van der Waals surface area contributed by atoms with Crippen LogP contribution in [0.25, 0.3) is 0 Å². The highest BCUT2D eigenvalue weighted by atomic mass is 16.4. The Morgan fingerprint density at radius 1 is 1.04 bits per heavy atom. The van der Waals surface area contributed by atoms with Gasteiger partial charge in [-0.2, -0.15) is 0 Å². The Labute approximate surface area is 148 Å². The number of aliphatic hydroxyl groups excluding tert-OH is 1. The summed E-state index contributed by atoms with van der Waals surface area (Å²) in [7, 11) is 0. The molecule has 2 atom stereocenters. The largest absolute Gasteiger partial charge is 0.481 e. The Morgan fingerprint density at radius 2 is 1.60 bits per heavy atom. The summed E-state index contributed by atoms with van der Waals surface area (Å²) in [6, 6.07) is -2.20. The highest BCUT2D eigenvalue weighted by molar-refractivity contribution is 6.06. The van der Waals surface area contributed by atoms with Gasteiger partial charge in [0.05, 0.1) is 12.6 Å². The Morgan fingerprint density at radius 3 is 2.00 bits per heavy atom. The minimum Gasteiger partial charge on any atom is -0.481 e. The van der Waals surface area contributed by atoms with Crippen LogP contribution in [-0.2, 0) is 19.2 Å². The lowest BCUT2D eigenvalue weighted by molar-refractivity contribution is -0.154. The zero-order valence-electron chi connectivity index (χ0n) is 15.6. The number of carbonyl (C=O) groups is 4. The average Bonchev–Trinajstić information content (AvgIpc) is 2.50. The van der Waals surface area contributed by atoms with Crippen molar-refractivity contribution in [3.63, 3.8) is 0 Å². The summed E-state index contributed by atoms with van der Waals surface area (Å²) in [5.41, 5.74) is -1.66. The van der Waals surface area contributed by atoms with Gasteiger partial charge in [-0.15, -0.1) is 0 Å². The molecule has 0 heterocycles. The van der Waals surface area contributed by atoms with Crippen molar-refractivity contribution >= 4 is 23.6 Å². The number of hydrogen-bond donors (Lipinski definition) is 4. The fourth-order valence-corrected chi connectivity index (χ4v) is 2.20. The Bertz CT molecular complexity index is 501. The Hall–Kier alpha value is -1.96. The summed E-state index contributed by atoms with van der Waals surface area (Å²) in [4.78, 5) is 47.8. The third-order valence-electron chi connectivity index (χ3n) is 3.80. The molecule has 0 radical (unpaired) electrons. The number of nitrogens with one attached hydrogen (secondary N) is 2. The molecule has 25 heavy (non-hydrogen) atoms. The quantitative estimate of drug-likeness (QED) is 0.397. The van der Waals surface area contributed by atoms with E-state index in [9.17, 15) is 29.4 Å². The number of carboxylic acid groups (broad SMARTS) is 1. The molecule has 0 aromatic carbocycles. The lowest BCUT2D eigenvalue weighted by atomic mass is 9.81. The van der Waals surface area contributed by atoms with E-state index >= 15 is 0 Å². The van der Waals surface area contributed by atoms with Gasteiger partial charge in [0, 0.05) is 6.42 Å². The highest BCUT2D eigenvalue weighted by Crippen LogP contribution is 2.22. The monoisotopic (exact) mass is 358 g/mol. The topological polar surface area (TPSA) is 133 Å². The Kier molecular flexibility index (Phi) is 9.33. The van der Waals surface area contributed by atoms with Crippen LogP contribution in [0, 0.1) is 11.3 Å². The van der Waals surface area contributed by atoms with Crippen molar-refractivity contribution in [3.05, 3.63) is 0 Å². The molecule has 0 aromatic heterocycles. The van der Waals surface area contributed by atoms with Crippen molar-refractivity contribution in [2.45, 2.75) is 66.0 Å². The van der Waals surface area contributed by atoms with Crippen LogP contribution in [0.3, 0.4) is 0 Å². The van der Waals surface area contributed by atoms with E-state index in [4.69, 9.17) is 0 Å². The SMILES string of the molecule is CCCC(=O)N[C@@H](CO)C(=O)N[C@@H](CC(C)C)C(=O)C(C)(C)C(=O)O. The molecule has 0 aliphatic rings. The minimum absolute atomic E-state index is 0.0288. The zero-order chi connectivity index (χ0) is 19.8. The van der Waals surface area contributed by atoms with E-state index in [2.05, 4.69) is 10.6 Å². The normalized spacial score (nSPS) is 13.9. The molecule has 8 nitrogen and oxygen atoms in total. The lowest BCUT2D eigenvalue weighted by Crippen LogP contribution is -2.56. The molecule has 0 aromatic rings. The van der Waals surface area contributed by atoms with Gasteiger partial charge in [-0.05, 0) is 32.6 Å². The molecule has 0 saturated carbocycles. The van der Waals surface area contributed by atoms with Crippen LogP contribution in [0.1, 0.15) is 53.9 Å². The van der Waals surface area contributed by atoms with E-state index in [1.54, 1.807) is 6.92 Å². The number of amides is 2. The number of rotatable bonds is 11. The zero-order valence-corrected chi connectivity index (χ0v) is 15.6. The van der Waals surface area contributed by atoms with Gasteiger partial charge in [0.25, 0.3) is 0 Å². The van der Waals surface area contributed by atoms with Crippen molar-refractivity contribution in [1.29, 1.82) is 0 Å². The summed E-state index contributed by atoms with van der Waals surface area (Å²) < 4.78 is 0. The molecule has 0 saturated heterocycles. The number of aliphatic hydroxyl groups is 1. The molecule has 0 spiro atoms. The van der Waals surface area contributed by atoms with Crippen molar-refractivity contribution < 1.29 is 29.4 Å². The second-order valence-electron chi connectivity index (χ2n) is 7.04. The standard InChI is InChI=1S/C17H30N2O6/c1-6-7-13(21)18-12(9-20)15(23)19-11(8-10(2)3)14(22)17(4,5)16(24)25/h10-12,20H,6-9H2,1-5H3,(H,18,21)(H,19,23)(H,24,25)/t11-,12-/m0/s1. The molecule has 0 rings (SSSR count). The minimum atomic E-state index is -1.66. The molecule has 144 valence electrons. The number of carbonyl (C=O) groups excluding carboxylic acids is 3. The maximum absolute atomic E-state index is 12.6. The Balaban J connectivity index is 5.24. The van der Waals surface area contributed by atoms with Crippen molar-refractivity contribution in [3.8, 4) is 0 Å². The van der Waals surface area contributed by atoms with Gasteiger partial charge < -0.3 is 20.8 Å². The first kappa shape index (κ1) is 23.0. The number of carboxylic acids is 1. The van der Waals surface area contributed by atoms with E-state index in [1.807, 2.05) is 13.8 Å². The predicted molar refractivity (Wildman–Crippen MR) is 91.7 cm³/mol. The van der Waals surface area contributed by atoms with Crippen molar-refractivity contribution in [1.82, 2.24) is 10.6 Å². The third-order valence-corrected chi connectivity index (χ3v) is 3.80. The third kappa shape index (κ3) is 7.21. The predicted octanol–water partition coefficient (Wildman–Crippen LogP) is 0.474. The van der Waals surface area contributed by atoms with Gasteiger partial charge in [-0.3, -0.25) is 19.2 Å². The first-order valence-corrected chi connectivity index (χ1v) is 8.45. The highest BCUT2D eigenvalue weighted by Gasteiger charge is 2.41. The van der Waals surface area contributed by atoms with Crippen LogP contribution < -0.4 is 10.6 Å². The molecule has 0 bridgehead atoms. The van der Waals surface area contributed by atoms with Crippen LogP contribution >= 0.6 is 0 Å². The first-order valence-electron chi connectivity index (χ1n) is 8.45. The average molecular weight is 358 g/mol. The van der Waals surface area contributed by atoms with Crippen molar-refractivity contribution in [2.75, 3.05) is 6.61 Å². The summed E-state index contributed by atoms with van der Waals surface area (Å²) in [6.45, 7) is 7.43. The summed E-state index contributed by atoms with van der Waals surface area (Å²) in [6.07, 6.45) is 1.05. The smallest absolute Gasteiger partial charge is 0.316 e. The molecular weight excluding hydrogens is 328 g/mol. The maximum Gasteiger partial charge on any atom is 0.316 e. The molecule has 0 unspecified atom stereocenters. The van der Waals surface area contributed by atoms with Gasteiger partial charge in [0.15, 0.2) is 5.78 Å². The van der Waals surface area contributed by atoms with E-state index in [-0.39, 0.29) is 24.7 Å². The fourth-order valence-electron chi connectivity index (χ4n) is 2.20. The van der Waals surface area contributed by atoms with Gasteiger partial charge in [-0.1, -0.05) is 20.8 Å². The van der Waals surface area contributed by atoms with Crippen molar-refractivity contribution in [2.24, 2.45) is 11.3 Å². The van der Waals surface area contributed by atoms with Crippen LogP contribution in [-0.4, -0.2) is 52.5 Å². The van der Waals surface area contributed by atoms with Crippen LogP contribution in [0.5, 0.6) is 0 Å². The molecule has 2 amide bonds. The second kappa shape index (κ2) is 10.1. The van der Waals surface area contributed by atoms with Gasteiger partial charge >= 0.3 is 5.97 Å². The lowest BCUT2D eigenvalue weighted by Gasteiger charge is -2.28. The molecule has 8 heteroatoms. The first-order chi connectivity index (χ1) is 11.5. The number of aliphatic carboxylic acids is 1. The molecule has 4 N–H and O–H groups in total. The van der Waals surface area contributed by atoms with E-state index < -0.39 is 41.8 Å². The van der Waals surface area contributed by atoms with Crippen LogP contribution in [0.15, 0.2) is 0 Å². The second-order valence-corrected chi connectivity index (χ2v) is 7.04. The number of ketones is 1. The number of Topliss-reactive ketones (excluding diaryl/α,β-unsaturated/α-hetero) is 1. The fraction of sp³-hybridized carbons (Fsp3) is 0.765. The molecule has 0 aliphatic heterocycles. The summed E-state index contributed by atoms with van der Waals surface area (Å²) in [5.74, 6) is -2.98. The summed E-state index contributed by atoms with van der Waals surface area (Å²) in [5, 5.41) is 23.5. The molecular formula is C17H30N2O6.